The topological polar surface area (TPSA) is 180 Å². The molecule has 1 saturated heterocycles. The summed E-state index contributed by atoms with van der Waals surface area (Å²) in [5, 5.41) is 3.08. The first-order chi connectivity index (χ1) is 24.3. The van der Waals surface area contributed by atoms with Crippen LogP contribution in [0.1, 0.15) is 69.3 Å². The second-order valence-electron chi connectivity index (χ2n) is 12.3. The smallest absolute Gasteiger partial charge is 0.303 e. The molecule has 0 bridgehead atoms. The van der Waals surface area contributed by atoms with Crippen molar-refractivity contribution >= 4 is 29.8 Å². The third-order valence-corrected chi connectivity index (χ3v) is 8.76. The highest BCUT2D eigenvalue weighted by molar-refractivity contribution is 5.95. The van der Waals surface area contributed by atoms with E-state index in [1.54, 1.807) is 14.2 Å². The van der Waals surface area contributed by atoms with Gasteiger partial charge in [-0.15, -0.1) is 0 Å². The molecule has 51 heavy (non-hydrogen) atoms. The summed E-state index contributed by atoms with van der Waals surface area (Å²) < 4.78 is 50.2. The number of amides is 1. The van der Waals surface area contributed by atoms with Gasteiger partial charge in [-0.2, -0.15) is 0 Å². The zero-order chi connectivity index (χ0) is 37.3. The Labute approximate surface area is 296 Å². The van der Waals surface area contributed by atoms with Gasteiger partial charge in [0.25, 0.3) is 5.91 Å². The number of carbonyl (C=O) groups is 5. The molecule has 0 radical (unpaired) electrons. The van der Waals surface area contributed by atoms with E-state index in [9.17, 15) is 24.0 Å². The first-order valence-electron chi connectivity index (χ1n) is 16.5. The van der Waals surface area contributed by atoms with Crippen LogP contribution in [0, 0.1) is 0 Å². The monoisotopic (exact) mass is 715 g/mol. The molecule has 4 rings (SSSR count). The van der Waals surface area contributed by atoms with Gasteiger partial charge in [-0.3, -0.25) is 24.0 Å². The molecule has 0 aromatic heterocycles. The average Bonchev–Trinajstić information content (AvgIpc) is 3.58. The van der Waals surface area contributed by atoms with Crippen LogP contribution < -0.4 is 24.3 Å². The number of rotatable bonds is 14. The molecule has 2 fully saturated rings. The molecule has 15 nitrogen and oxygen atoms in total. The van der Waals surface area contributed by atoms with Crippen molar-refractivity contribution in [3.05, 3.63) is 47.5 Å². The SMILES string of the molecule is COc1ccc(C2(CNC(=O)c3ccc(O[C@@H]4O[C@H](COC(C)=O)[C@H](OC(C)=O)[C@H](OC(C)=O)[C@@H]4OC(C)=O)c(OC)c3)CCCC2)cc1OC. The fraction of sp³-hybridized carbons (Fsp3) is 0.528. The number of ether oxygens (including phenoxy) is 9. The lowest BCUT2D eigenvalue weighted by atomic mass is 9.78. The van der Waals surface area contributed by atoms with Crippen molar-refractivity contribution < 1.29 is 66.6 Å². The number of methoxy groups -OCH3 is 3. The van der Waals surface area contributed by atoms with Gasteiger partial charge in [0.2, 0.25) is 12.4 Å². The molecule has 0 unspecified atom stereocenters. The van der Waals surface area contributed by atoms with Gasteiger partial charge in [-0.1, -0.05) is 18.9 Å². The lowest BCUT2D eigenvalue weighted by molar-refractivity contribution is -0.288. The third-order valence-electron chi connectivity index (χ3n) is 8.76. The summed E-state index contributed by atoms with van der Waals surface area (Å²) in [6.45, 7) is 4.52. The number of hydrogen-bond acceptors (Lipinski definition) is 14. The lowest BCUT2D eigenvalue weighted by Crippen LogP contribution is -2.63. The van der Waals surface area contributed by atoms with E-state index < -0.39 is 61.2 Å². The molecule has 1 aliphatic heterocycles. The summed E-state index contributed by atoms with van der Waals surface area (Å²) in [6.07, 6.45) is -3.09. The van der Waals surface area contributed by atoms with Crippen LogP contribution in [-0.2, 0) is 48.3 Å². The van der Waals surface area contributed by atoms with Crippen molar-refractivity contribution in [3.8, 4) is 23.0 Å². The van der Waals surface area contributed by atoms with Crippen LogP contribution in [0.2, 0.25) is 0 Å². The van der Waals surface area contributed by atoms with Crippen molar-refractivity contribution in [1.82, 2.24) is 5.32 Å². The summed E-state index contributed by atoms with van der Waals surface area (Å²) in [6, 6.07) is 10.3. The molecule has 278 valence electrons. The molecule has 2 aromatic carbocycles. The van der Waals surface area contributed by atoms with Gasteiger partial charge in [-0.05, 0) is 48.7 Å². The molecule has 1 saturated carbocycles. The Balaban J connectivity index is 1.59. The van der Waals surface area contributed by atoms with E-state index >= 15 is 0 Å². The van der Waals surface area contributed by atoms with Crippen molar-refractivity contribution in [1.29, 1.82) is 0 Å². The normalized spacial score (nSPS) is 22.1. The first-order valence-corrected chi connectivity index (χ1v) is 16.5. The zero-order valence-corrected chi connectivity index (χ0v) is 29.8. The minimum Gasteiger partial charge on any atom is -0.493 e. The van der Waals surface area contributed by atoms with Crippen molar-refractivity contribution in [2.24, 2.45) is 0 Å². The first kappa shape index (κ1) is 38.7. The molecule has 15 heteroatoms. The van der Waals surface area contributed by atoms with Gasteiger partial charge in [0, 0.05) is 45.2 Å². The molecular weight excluding hydrogens is 670 g/mol. The zero-order valence-electron chi connectivity index (χ0n) is 29.8. The average molecular weight is 716 g/mol. The fourth-order valence-corrected chi connectivity index (χ4v) is 6.45. The third kappa shape index (κ3) is 9.60. The van der Waals surface area contributed by atoms with E-state index in [-0.39, 0.29) is 28.4 Å². The van der Waals surface area contributed by atoms with Crippen LogP contribution in [0.25, 0.3) is 0 Å². The number of carbonyl (C=O) groups excluding carboxylic acids is 5. The molecule has 2 aromatic rings. The maximum absolute atomic E-state index is 13.5. The van der Waals surface area contributed by atoms with E-state index in [4.69, 9.17) is 42.6 Å². The second-order valence-corrected chi connectivity index (χ2v) is 12.3. The maximum Gasteiger partial charge on any atom is 0.303 e. The standard InChI is InChI=1S/C36H45NO14/c1-20(38)46-18-30-31(47-21(2)39)32(48-22(3)40)33(49-23(4)41)35(51-30)50-27-12-10-24(16-28(27)44-6)34(42)37-19-36(14-8-9-15-36)25-11-13-26(43-5)29(17-25)45-7/h10-13,16-17,30-33,35H,8-9,14-15,18-19H2,1-7H3,(H,37,42)/t30-,31+,32+,33+,35-/m1/s1. The van der Waals surface area contributed by atoms with E-state index in [1.165, 1.54) is 32.2 Å². The molecule has 1 N–H and O–H groups in total. The number of nitrogens with one attached hydrogen (secondary N) is 1. The van der Waals surface area contributed by atoms with Crippen LogP contribution in [-0.4, -0.2) is 95.0 Å². The maximum atomic E-state index is 13.5. The predicted octanol–water partition coefficient (Wildman–Crippen LogP) is 3.42. The molecule has 5 atom stereocenters. The minimum absolute atomic E-state index is 0.0764. The number of esters is 4. The summed E-state index contributed by atoms with van der Waals surface area (Å²) in [4.78, 5) is 61.6. The predicted molar refractivity (Wildman–Crippen MR) is 178 cm³/mol. The molecule has 1 amide bonds. The van der Waals surface area contributed by atoms with Gasteiger partial charge < -0.3 is 47.9 Å². The minimum atomic E-state index is -1.48. The van der Waals surface area contributed by atoms with E-state index in [2.05, 4.69) is 5.32 Å². The Morgan fingerprint density at radius 1 is 0.706 bits per heavy atom. The Hall–Kier alpha value is -5.05. The van der Waals surface area contributed by atoms with Crippen LogP contribution in [0.3, 0.4) is 0 Å². The molecule has 1 heterocycles. The Morgan fingerprint density at radius 2 is 1.27 bits per heavy atom. The van der Waals surface area contributed by atoms with Crippen molar-refractivity contribution in [2.75, 3.05) is 34.5 Å². The molecule has 0 spiro atoms. The Kier molecular flexibility index (Phi) is 13.1. The van der Waals surface area contributed by atoms with Crippen molar-refractivity contribution in [3.63, 3.8) is 0 Å². The summed E-state index contributed by atoms with van der Waals surface area (Å²) in [5.74, 6) is -1.87. The molecule has 2 aliphatic rings. The summed E-state index contributed by atoms with van der Waals surface area (Å²) >= 11 is 0. The van der Waals surface area contributed by atoms with Crippen LogP contribution >= 0.6 is 0 Å². The summed E-state index contributed by atoms with van der Waals surface area (Å²) in [7, 11) is 4.54. The van der Waals surface area contributed by atoms with Crippen LogP contribution in [0.5, 0.6) is 23.0 Å². The van der Waals surface area contributed by atoms with E-state index in [0.29, 0.717) is 18.0 Å². The molecular formula is C36H45NO14. The highest BCUT2D eigenvalue weighted by Crippen LogP contribution is 2.43. The molecule has 1 aliphatic carbocycles. The largest absolute Gasteiger partial charge is 0.493 e. The Morgan fingerprint density at radius 3 is 1.86 bits per heavy atom. The van der Waals surface area contributed by atoms with E-state index in [0.717, 1.165) is 52.0 Å². The highest BCUT2D eigenvalue weighted by Gasteiger charge is 2.53. The van der Waals surface area contributed by atoms with Crippen LogP contribution in [0.4, 0.5) is 0 Å². The van der Waals surface area contributed by atoms with Crippen LogP contribution in [0.15, 0.2) is 36.4 Å². The van der Waals surface area contributed by atoms with Gasteiger partial charge in [0.1, 0.15) is 12.7 Å². The quantitative estimate of drug-likeness (QED) is 0.222. The van der Waals surface area contributed by atoms with Gasteiger partial charge >= 0.3 is 23.9 Å². The van der Waals surface area contributed by atoms with Gasteiger partial charge in [0.15, 0.2) is 35.2 Å². The highest BCUT2D eigenvalue weighted by atomic mass is 16.7. The Bertz CT molecular complexity index is 1590. The fourth-order valence-electron chi connectivity index (χ4n) is 6.45. The van der Waals surface area contributed by atoms with Gasteiger partial charge in [0.05, 0.1) is 21.3 Å². The number of hydrogen-bond donors (Lipinski definition) is 1. The van der Waals surface area contributed by atoms with Crippen molar-refractivity contribution in [2.45, 2.75) is 89.5 Å². The lowest BCUT2D eigenvalue weighted by Gasteiger charge is -2.44. The second kappa shape index (κ2) is 17.2. The summed E-state index contributed by atoms with van der Waals surface area (Å²) in [5.41, 5.74) is 1.03. The number of benzene rings is 2. The van der Waals surface area contributed by atoms with E-state index in [1.807, 2.05) is 18.2 Å². The van der Waals surface area contributed by atoms with Gasteiger partial charge in [-0.25, -0.2) is 0 Å².